The van der Waals surface area contributed by atoms with E-state index in [9.17, 15) is 0 Å². The van der Waals surface area contributed by atoms with E-state index in [1.54, 1.807) is 0 Å². The van der Waals surface area contributed by atoms with Crippen LogP contribution in [0.5, 0.6) is 0 Å². The van der Waals surface area contributed by atoms with Gasteiger partial charge in [-0.3, -0.25) is 4.90 Å². The lowest BCUT2D eigenvalue weighted by molar-refractivity contribution is 0.0269. The fraction of sp³-hybridized carbons (Fsp3) is 0.882. The summed E-state index contributed by atoms with van der Waals surface area (Å²) in [5.74, 6) is 0.703. The van der Waals surface area contributed by atoms with Crippen LogP contribution in [0.2, 0.25) is 0 Å². The van der Waals surface area contributed by atoms with Gasteiger partial charge in [-0.15, -0.1) is 6.58 Å². The molecular formula is C17H32N2O. The number of nitrogens with zero attached hydrogens (tertiary/aromatic N) is 1. The summed E-state index contributed by atoms with van der Waals surface area (Å²) in [4.78, 5) is 2.68. The van der Waals surface area contributed by atoms with Gasteiger partial charge in [0.05, 0.1) is 13.2 Å². The quantitative estimate of drug-likeness (QED) is 0.573. The van der Waals surface area contributed by atoms with Crippen LogP contribution in [0, 0.1) is 5.92 Å². The van der Waals surface area contributed by atoms with E-state index in [0.29, 0.717) is 17.5 Å². The second kappa shape index (κ2) is 7.58. The number of hydrogen-bond donors (Lipinski definition) is 1. The molecule has 0 aromatic carbocycles. The minimum atomic E-state index is 0.409. The van der Waals surface area contributed by atoms with Crippen molar-refractivity contribution < 1.29 is 4.74 Å². The van der Waals surface area contributed by atoms with Crippen LogP contribution in [0.4, 0.5) is 0 Å². The summed E-state index contributed by atoms with van der Waals surface area (Å²) in [5, 5.41) is 3.87. The number of nitrogens with one attached hydrogen (secondary N) is 1. The average Bonchev–Trinajstić information content (AvgIpc) is 2.86. The van der Waals surface area contributed by atoms with Crippen LogP contribution in [-0.4, -0.2) is 49.3 Å². The maximum absolute atomic E-state index is 5.72. The van der Waals surface area contributed by atoms with E-state index in [2.05, 4.69) is 30.6 Å². The fourth-order valence-electron chi connectivity index (χ4n) is 3.75. The van der Waals surface area contributed by atoms with E-state index in [4.69, 9.17) is 4.74 Å². The average molecular weight is 280 g/mol. The van der Waals surface area contributed by atoms with Crippen LogP contribution < -0.4 is 5.32 Å². The molecule has 1 spiro atoms. The van der Waals surface area contributed by atoms with Gasteiger partial charge in [0.25, 0.3) is 0 Å². The summed E-state index contributed by atoms with van der Waals surface area (Å²) in [6, 6.07) is 0.657. The van der Waals surface area contributed by atoms with Gasteiger partial charge in [-0.2, -0.15) is 0 Å². The molecule has 0 aromatic heterocycles. The molecule has 1 aliphatic heterocycles. The standard InChI is InChI=1S/C17H32N2O/c1-4-5-11-20-12-10-19-14-17(8-6-7-9-17)18-13-16(19)15(2)3/h4,15-16,18H,1,5-14H2,2-3H3. The first-order valence-electron chi connectivity index (χ1n) is 8.34. The summed E-state index contributed by atoms with van der Waals surface area (Å²) in [5.41, 5.74) is 0.409. The third-order valence-corrected chi connectivity index (χ3v) is 4.98. The van der Waals surface area contributed by atoms with Crippen molar-refractivity contribution in [2.45, 2.75) is 57.5 Å². The van der Waals surface area contributed by atoms with E-state index in [-0.39, 0.29) is 0 Å². The zero-order chi connectivity index (χ0) is 14.4. The molecule has 0 amide bonds. The van der Waals surface area contributed by atoms with Gasteiger partial charge in [0.2, 0.25) is 0 Å². The van der Waals surface area contributed by atoms with Crippen molar-refractivity contribution in [3.05, 3.63) is 12.7 Å². The maximum atomic E-state index is 5.72. The van der Waals surface area contributed by atoms with Crippen molar-refractivity contribution in [2.24, 2.45) is 5.92 Å². The summed E-state index contributed by atoms with van der Waals surface area (Å²) in [7, 11) is 0. The van der Waals surface area contributed by atoms with Crippen molar-refractivity contribution in [2.75, 3.05) is 32.8 Å². The largest absolute Gasteiger partial charge is 0.380 e. The molecule has 1 atom stereocenters. The molecule has 0 radical (unpaired) electrons. The van der Waals surface area contributed by atoms with Crippen molar-refractivity contribution in [1.82, 2.24) is 10.2 Å². The molecule has 1 saturated heterocycles. The molecule has 0 aromatic rings. The zero-order valence-electron chi connectivity index (χ0n) is 13.4. The fourth-order valence-corrected chi connectivity index (χ4v) is 3.75. The summed E-state index contributed by atoms with van der Waals surface area (Å²) >= 11 is 0. The predicted octanol–water partition coefficient (Wildman–Crippen LogP) is 2.82. The Morgan fingerprint density at radius 1 is 1.35 bits per heavy atom. The van der Waals surface area contributed by atoms with Gasteiger partial charge in [-0.25, -0.2) is 0 Å². The number of piperazine rings is 1. The number of rotatable bonds is 7. The first-order chi connectivity index (χ1) is 9.67. The van der Waals surface area contributed by atoms with Crippen LogP contribution in [-0.2, 0) is 4.74 Å². The molecule has 3 heteroatoms. The highest BCUT2D eigenvalue weighted by Gasteiger charge is 2.41. The van der Waals surface area contributed by atoms with Gasteiger partial charge in [0.1, 0.15) is 0 Å². The Hall–Kier alpha value is -0.380. The van der Waals surface area contributed by atoms with Crippen molar-refractivity contribution in [1.29, 1.82) is 0 Å². The molecule has 0 bridgehead atoms. The molecule has 20 heavy (non-hydrogen) atoms. The normalized spacial score (nSPS) is 26.4. The van der Waals surface area contributed by atoms with Gasteiger partial charge in [-0.1, -0.05) is 32.8 Å². The summed E-state index contributed by atoms with van der Waals surface area (Å²) in [6.45, 7) is 13.5. The second-order valence-electron chi connectivity index (χ2n) is 6.84. The van der Waals surface area contributed by atoms with Crippen molar-refractivity contribution in [3.63, 3.8) is 0 Å². The first-order valence-corrected chi connectivity index (χ1v) is 8.34. The molecule has 2 rings (SSSR count). The molecule has 1 unspecified atom stereocenters. The topological polar surface area (TPSA) is 24.5 Å². The third kappa shape index (κ3) is 4.06. The Morgan fingerprint density at radius 3 is 2.75 bits per heavy atom. The zero-order valence-corrected chi connectivity index (χ0v) is 13.4. The highest BCUT2D eigenvalue weighted by molar-refractivity contribution is 5.01. The lowest BCUT2D eigenvalue weighted by Gasteiger charge is -2.48. The summed E-state index contributed by atoms with van der Waals surface area (Å²) in [6.07, 6.45) is 8.37. The monoisotopic (exact) mass is 280 g/mol. The van der Waals surface area contributed by atoms with Gasteiger partial charge < -0.3 is 10.1 Å². The Bertz CT molecular complexity index is 297. The maximum Gasteiger partial charge on any atom is 0.0593 e. The van der Waals surface area contributed by atoms with E-state index < -0.39 is 0 Å². The molecule has 116 valence electrons. The van der Waals surface area contributed by atoms with Crippen molar-refractivity contribution >= 4 is 0 Å². The SMILES string of the molecule is C=CCCOCCN1CC2(CCCC2)NCC1C(C)C. The Balaban J connectivity index is 1.84. The second-order valence-corrected chi connectivity index (χ2v) is 6.84. The molecule has 2 aliphatic rings. The van der Waals surface area contributed by atoms with Gasteiger partial charge in [-0.05, 0) is 25.2 Å². The van der Waals surface area contributed by atoms with Gasteiger partial charge in [0, 0.05) is 31.2 Å². The molecule has 1 N–H and O–H groups in total. The van der Waals surface area contributed by atoms with Crippen molar-refractivity contribution in [3.8, 4) is 0 Å². The molecule has 3 nitrogen and oxygen atoms in total. The Morgan fingerprint density at radius 2 is 2.10 bits per heavy atom. The van der Waals surface area contributed by atoms with Crippen LogP contribution in [0.25, 0.3) is 0 Å². The smallest absolute Gasteiger partial charge is 0.0593 e. The van der Waals surface area contributed by atoms with Crippen LogP contribution in [0.1, 0.15) is 46.0 Å². The highest BCUT2D eigenvalue weighted by Crippen LogP contribution is 2.34. The Labute approximate surface area is 124 Å². The highest BCUT2D eigenvalue weighted by atomic mass is 16.5. The van der Waals surface area contributed by atoms with E-state index in [1.165, 1.54) is 32.2 Å². The van der Waals surface area contributed by atoms with E-state index in [1.807, 2.05) is 6.08 Å². The first kappa shape index (κ1) is 16.0. The van der Waals surface area contributed by atoms with Crippen LogP contribution in [0.3, 0.4) is 0 Å². The number of hydrogen-bond acceptors (Lipinski definition) is 3. The predicted molar refractivity (Wildman–Crippen MR) is 85.0 cm³/mol. The molecule has 1 aliphatic carbocycles. The van der Waals surface area contributed by atoms with E-state index >= 15 is 0 Å². The minimum Gasteiger partial charge on any atom is -0.380 e. The third-order valence-electron chi connectivity index (χ3n) is 4.98. The molecule has 1 heterocycles. The van der Waals surface area contributed by atoms with Gasteiger partial charge >= 0.3 is 0 Å². The number of ether oxygens (including phenoxy) is 1. The van der Waals surface area contributed by atoms with Crippen LogP contribution >= 0.6 is 0 Å². The molecular weight excluding hydrogens is 248 g/mol. The van der Waals surface area contributed by atoms with Crippen LogP contribution in [0.15, 0.2) is 12.7 Å². The summed E-state index contributed by atoms with van der Waals surface area (Å²) < 4.78 is 5.72. The molecule has 1 saturated carbocycles. The lowest BCUT2D eigenvalue weighted by atomic mass is 9.89. The molecule has 2 fully saturated rings. The Kier molecular flexibility index (Phi) is 6.06. The minimum absolute atomic E-state index is 0.409. The lowest BCUT2D eigenvalue weighted by Crippen LogP contribution is -2.64. The van der Waals surface area contributed by atoms with E-state index in [0.717, 1.165) is 32.7 Å². The van der Waals surface area contributed by atoms with Gasteiger partial charge in [0.15, 0.2) is 0 Å².